The molecule has 2 aromatic rings. The van der Waals surface area contributed by atoms with Crippen LogP contribution in [0.4, 0.5) is 4.39 Å². The van der Waals surface area contributed by atoms with E-state index in [2.05, 4.69) is 16.2 Å². The van der Waals surface area contributed by atoms with Gasteiger partial charge >= 0.3 is 5.97 Å². The molecular formula is C18H20FN3O3S. The average molecular weight is 377 g/mol. The molecule has 0 radical (unpaired) electrons. The van der Waals surface area contributed by atoms with Crippen LogP contribution < -0.4 is 16.2 Å². The molecular weight excluding hydrogens is 357 g/mol. The number of amides is 1. The summed E-state index contributed by atoms with van der Waals surface area (Å²) in [6, 6.07) is 8.39. The number of thiophene rings is 1. The van der Waals surface area contributed by atoms with Crippen molar-refractivity contribution in [2.75, 3.05) is 0 Å². The van der Waals surface area contributed by atoms with Crippen molar-refractivity contribution in [1.29, 1.82) is 0 Å². The summed E-state index contributed by atoms with van der Waals surface area (Å²) in [6.07, 6.45) is 0.292. The molecule has 1 aromatic carbocycles. The van der Waals surface area contributed by atoms with Gasteiger partial charge in [0.25, 0.3) is 0 Å². The largest absolute Gasteiger partial charge is 0.481 e. The van der Waals surface area contributed by atoms with Gasteiger partial charge in [-0.05, 0) is 43.2 Å². The number of rotatable bonds is 6. The second kappa shape index (κ2) is 7.94. The van der Waals surface area contributed by atoms with E-state index in [0.29, 0.717) is 12.0 Å². The maximum Gasteiger partial charge on any atom is 0.305 e. The molecule has 6 nitrogen and oxygen atoms in total. The van der Waals surface area contributed by atoms with Crippen molar-refractivity contribution in [3.05, 3.63) is 57.5 Å². The lowest BCUT2D eigenvalue weighted by atomic mass is 10.0. The first-order valence-corrected chi connectivity index (χ1v) is 9.09. The molecule has 1 aromatic heterocycles. The summed E-state index contributed by atoms with van der Waals surface area (Å²) in [5.41, 5.74) is 6.64. The van der Waals surface area contributed by atoms with E-state index < -0.39 is 23.9 Å². The standard InChI is InChI=1S/C18H20FN3O3S/c1-10-2-7-16(26-10)14-8-15(22-21-14)18(25)20-13(9-17(23)24)11-3-5-12(19)6-4-11/h2-7,13-15,21-22H,8-9H2,1H3,(H,20,25)(H,23,24). The van der Waals surface area contributed by atoms with Gasteiger partial charge in [-0.2, -0.15) is 0 Å². The molecule has 0 spiro atoms. The van der Waals surface area contributed by atoms with E-state index in [1.54, 1.807) is 11.3 Å². The van der Waals surface area contributed by atoms with Gasteiger partial charge in [-0.3, -0.25) is 9.59 Å². The lowest BCUT2D eigenvalue weighted by Crippen LogP contribution is -2.44. The molecule has 4 N–H and O–H groups in total. The molecule has 0 bridgehead atoms. The van der Waals surface area contributed by atoms with Gasteiger partial charge < -0.3 is 10.4 Å². The van der Waals surface area contributed by atoms with Crippen LogP contribution in [0.25, 0.3) is 0 Å². The number of nitrogens with one attached hydrogen (secondary N) is 3. The van der Waals surface area contributed by atoms with Crippen molar-refractivity contribution in [1.82, 2.24) is 16.2 Å². The molecule has 26 heavy (non-hydrogen) atoms. The Bertz CT molecular complexity index is 793. The predicted molar refractivity (Wildman–Crippen MR) is 96.0 cm³/mol. The Hall–Kier alpha value is -2.29. The van der Waals surface area contributed by atoms with Crippen LogP contribution in [-0.2, 0) is 9.59 Å². The van der Waals surface area contributed by atoms with Gasteiger partial charge in [0.2, 0.25) is 5.91 Å². The molecule has 8 heteroatoms. The van der Waals surface area contributed by atoms with Gasteiger partial charge in [0.1, 0.15) is 11.9 Å². The minimum atomic E-state index is -1.04. The average Bonchev–Trinajstić information content (AvgIpc) is 3.23. The van der Waals surface area contributed by atoms with Crippen molar-refractivity contribution < 1.29 is 19.1 Å². The number of carbonyl (C=O) groups is 2. The number of halogens is 1. The molecule has 2 heterocycles. The van der Waals surface area contributed by atoms with Crippen molar-refractivity contribution >= 4 is 23.2 Å². The summed E-state index contributed by atoms with van der Waals surface area (Å²) < 4.78 is 13.1. The van der Waals surface area contributed by atoms with Crippen molar-refractivity contribution in [3.8, 4) is 0 Å². The van der Waals surface area contributed by atoms with E-state index >= 15 is 0 Å². The normalized spacial score (nSPS) is 20.7. The van der Waals surface area contributed by atoms with E-state index in [4.69, 9.17) is 5.11 Å². The van der Waals surface area contributed by atoms with Crippen LogP contribution in [0, 0.1) is 12.7 Å². The summed E-state index contributed by atoms with van der Waals surface area (Å²) >= 11 is 1.67. The summed E-state index contributed by atoms with van der Waals surface area (Å²) in [7, 11) is 0. The monoisotopic (exact) mass is 377 g/mol. The minimum Gasteiger partial charge on any atom is -0.481 e. The quantitative estimate of drug-likeness (QED) is 0.621. The van der Waals surface area contributed by atoms with E-state index in [1.807, 2.05) is 19.1 Å². The number of hydrazine groups is 1. The smallest absolute Gasteiger partial charge is 0.305 e. The zero-order chi connectivity index (χ0) is 18.7. The topological polar surface area (TPSA) is 90.5 Å². The van der Waals surface area contributed by atoms with Crippen molar-refractivity contribution in [3.63, 3.8) is 0 Å². The third kappa shape index (κ3) is 4.46. The highest BCUT2D eigenvalue weighted by molar-refractivity contribution is 7.12. The number of carboxylic acids is 1. The van der Waals surface area contributed by atoms with Crippen LogP contribution >= 0.6 is 11.3 Å². The van der Waals surface area contributed by atoms with Crippen LogP contribution in [0.2, 0.25) is 0 Å². The Morgan fingerprint density at radius 1 is 1.27 bits per heavy atom. The second-order valence-electron chi connectivity index (χ2n) is 6.29. The van der Waals surface area contributed by atoms with E-state index in [-0.39, 0.29) is 18.4 Å². The van der Waals surface area contributed by atoms with Gasteiger partial charge in [-0.25, -0.2) is 15.2 Å². The van der Waals surface area contributed by atoms with E-state index in [9.17, 15) is 14.0 Å². The summed E-state index contributed by atoms with van der Waals surface area (Å²) in [5.74, 6) is -1.74. The van der Waals surface area contributed by atoms with Gasteiger partial charge in [-0.1, -0.05) is 12.1 Å². The predicted octanol–water partition coefficient (Wildman–Crippen LogP) is 2.44. The number of benzene rings is 1. The molecule has 1 aliphatic rings. The maximum atomic E-state index is 13.1. The van der Waals surface area contributed by atoms with E-state index in [0.717, 1.165) is 4.88 Å². The first kappa shape index (κ1) is 18.5. The molecule has 3 atom stereocenters. The number of carboxylic acid groups (broad SMARTS) is 1. The molecule has 3 unspecified atom stereocenters. The summed E-state index contributed by atoms with van der Waals surface area (Å²) in [6.45, 7) is 2.03. The Morgan fingerprint density at radius 3 is 2.62 bits per heavy atom. The SMILES string of the molecule is Cc1ccc(C2CC(C(=O)NC(CC(=O)O)c3ccc(F)cc3)NN2)s1. The van der Waals surface area contributed by atoms with Crippen LogP contribution in [0.5, 0.6) is 0 Å². The van der Waals surface area contributed by atoms with Crippen molar-refractivity contribution in [2.24, 2.45) is 0 Å². The minimum absolute atomic E-state index is 0.0354. The first-order valence-electron chi connectivity index (χ1n) is 8.27. The summed E-state index contributed by atoms with van der Waals surface area (Å²) in [4.78, 5) is 26.1. The highest BCUT2D eigenvalue weighted by Gasteiger charge is 2.32. The molecule has 0 saturated carbocycles. The molecule has 1 fully saturated rings. The van der Waals surface area contributed by atoms with Crippen LogP contribution in [0.15, 0.2) is 36.4 Å². The number of carbonyl (C=O) groups excluding carboxylic acids is 1. The Morgan fingerprint density at radius 2 is 2.00 bits per heavy atom. The van der Waals surface area contributed by atoms with E-state index in [1.165, 1.54) is 29.1 Å². The fourth-order valence-electron chi connectivity index (χ4n) is 2.95. The van der Waals surface area contributed by atoms with Gasteiger partial charge in [0.05, 0.1) is 18.5 Å². The molecule has 1 amide bonds. The maximum absolute atomic E-state index is 13.1. The van der Waals surface area contributed by atoms with Gasteiger partial charge in [-0.15, -0.1) is 11.3 Å². The van der Waals surface area contributed by atoms with Crippen LogP contribution in [0.3, 0.4) is 0 Å². The van der Waals surface area contributed by atoms with Gasteiger partial charge in [0.15, 0.2) is 0 Å². The highest BCUT2D eigenvalue weighted by Crippen LogP contribution is 2.28. The lowest BCUT2D eigenvalue weighted by molar-refractivity contribution is -0.137. The Balaban J connectivity index is 1.66. The Labute approximate surface area is 154 Å². The van der Waals surface area contributed by atoms with Gasteiger partial charge in [0, 0.05) is 9.75 Å². The fourth-order valence-corrected chi connectivity index (χ4v) is 3.89. The summed E-state index contributed by atoms with van der Waals surface area (Å²) in [5, 5.41) is 11.9. The first-order chi connectivity index (χ1) is 12.4. The number of aryl methyl sites for hydroxylation is 1. The molecule has 3 rings (SSSR count). The highest BCUT2D eigenvalue weighted by atomic mass is 32.1. The molecule has 0 aliphatic carbocycles. The molecule has 138 valence electrons. The molecule has 1 aliphatic heterocycles. The second-order valence-corrected chi connectivity index (χ2v) is 7.61. The third-order valence-electron chi connectivity index (χ3n) is 4.29. The zero-order valence-corrected chi connectivity index (χ0v) is 15.0. The van der Waals surface area contributed by atoms with Crippen LogP contribution in [0.1, 0.15) is 40.2 Å². The third-order valence-corrected chi connectivity index (χ3v) is 5.41. The molecule has 1 saturated heterocycles. The number of aliphatic carboxylic acids is 1. The van der Waals surface area contributed by atoms with Crippen molar-refractivity contribution in [2.45, 2.75) is 37.9 Å². The zero-order valence-electron chi connectivity index (χ0n) is 14.2. The fraction of sp³-hybridized carbons (Fsp3) is 0.333. The Kier molecular flexibility index (Phi) is 5.65. The number of hydrogen-bond donors (Lipinski definition) is 4. The van der Waals surface area contributed by atoms with Crippen LogP contribution in [-0.4, -0.2) is 23.0 Å². The lowest BCUT2D eigenvalue weighted by Gasteiger charge is -2.20. The number of hydrogen-bond acceptors (Lipinski definition) is 5.